The molecule has 0 radical (unpaired) electrons. The molecule has 1 N–H and O–H groups in total. The van der Waals surface area contributed by atoms with Crippen LogP contribution in [0.15, 0.2) is 36.5 Å². The highest BCUT2D eigenvalue weighted by Gasteiger charge is 2.31. The maximum Gasteiger partial charge on any atom is 0.414 e. The number of hydrogen-bond donors (Lipinski definition) is 1. The fourth-order valence-electron chi connectivity index (χ4n) is 4.42. The number of fused-ring (bicyclic) bond motifs is 3. The van der Waals surface area contributed by atoms with Gasteiger partial charge in [0.05, 0.1) is 31.9 Å². The van der Waals surface area contributed by atoms with Crippen molar-refractivity contribution in [1.82, 2.24) is 14.9 Å². The third kappa shape index (κ3) is 6.17. The van der Waals surface area contributed by atoms with Gasteiger partial charge in [-0.25, -0.2) is 9.78 Å². The number of amides is 3. The number of nitrogens with one attached hydrogen (secondary N) is 1. The molecule has 1 saturated heterocycles. The summed E-state index contributed by atoms with van der Waals surface area (Å²) >= 11 is 0. The molecular formula is C27H32N4O7. The topological polar surface area (TPSA) is 129 Å². The molecule has 1 fully saturated rings. The first kappa shape index (κ1) is 27.2. The third-order valence-corrected chi connectivity index (χ3v) is 6.01. The van der Waals surface area contributed by atoms with Crippen molar-refractivity contribution in [3.05, 3.63) is 36.5 Å². The third-order valence-electron chi connectivity index (χ3n) is 6.01. The number of carbonyl (C=O) groups excluding carboxylic acids is 4. The second kappa shape index (κ2) is 11.7. The van der Waals surface area contributed by atoms with Gasteiger partial charge in [-0.1, -0.05) is 0 Å². The van der Waals surface area contributed by atoms with Gasteiger partial charge in [-0.3, -0.25) is 19.8 Å². The van der Waals surface area contributed by atoms with Crippen LogP contribution in [0.25, 0.3) is 21.9 Å². The fraction of sp³-hybridized carbons (Fsp3) is 0.444. The summed E-state index contributed by atoms with van der Waals surface area (Å²) in [5.74, 6) is -0.646. The Morgan fingerprint density at radius 3 is 2.68 bits per heavy atom. The van der Waals surface area contributed by atoms with Gasteiger partial charge < -0.3 is 23.6 Å². The van der Waals surface area contributed by atoms with E-state index in [1.54, 1.807) is 33.0 Å². The number of rotatable bonds is 10. The van der Waals surface area contributed by atoms with Crippen LogP contribution < -0.4 is 10.2 Å². The van der Waals surface area contributed by atoms with E-state index in [4.69, 9.17) is 14.2 Å². The molecule has 3 aromatic rings. The summed E-state index contributed by atoms with van der Waals surface area (Å²) in [5, 5.41) is 4.06. The monoisotopic (exact) mass is 524 g/mol. The zero-order valence-corrected chi connectivity index (χ0v) is 21.8. The Bertz CT molecular complexity index is 1340. The molecule has 1 unspecified atom stereocenters. The van der Waals surface area contributed by atoms with E-state index < -0.39 is 17.7 Å². The molecule has 3 heterocycles. The molecule has 38 heavy (non-hydrogen) atoms. The summed E-state index contributed by atoms with van der Waals surface area (Å²) in [7, 11) is 0. The summed E-state index contributed by atoms with van der Waals surface area (Å²) < 4.78 is 18.2. The normalized spacial score (nSPS) is 16.0. The number of benzene rings is 1. The number of pyridine rings is 1. The van der Waals surface area contributed by atoms with Gasteiger partial charge in [0, 0.05) is 29.1 Å². The SMILES string of the molecule is CC(C)(C)OC(=O)N(CCOCCOCC=O)c1ccc2c(c1)c1cccnc1n2C1CCC(=O)NC1=O. The Balaban J connectivity index is 1.67. The van der Waals surface area contributed by atoms with Crippen molar-refractivity contribution in [3.63, 3.8) is 0 Å². The van der Waals surface area contributed by atoms with Crippen LogP contribution in [0.4, 0.5) is 10.5 Å². The number of carbonyl (C=O) groups is 4. The van der Waals surface area contributed by atoms with Gasteiger partial charge in [-0.05, 0) is 57.5 Å². The molecular weight excluding hydrogens is 492 g/mol. The van der Waals surface area contributed by atoms with Crippen molar-refractivity contribution < 1.29 is 33.4 Å². The second-order valence-corrected chi connectivity index (χ2v) is 9.90. The number of ether oxygens (including phenoxy) is 3. The van der Waals surface area contributed by atoms with Crippen molar-refractivity contribution in [2.45, 2.75) is 45.3 Å². The Morgan fingerprint density at radius 2 is 1.95 bits per heavy atom. The quantitative estimate of drug-likeness (QED) is 0.243. The number of aromatic nitrogens is 2. The molecule has 1 aliphatic rings. The number of imide groups is 1. The molecule has 2 aromatic heterocycles. The minimum Gasteiger partial charge on any atom is -0.443 e. The van der Waals surface area contributed by atoms with E-state index >= 15 is 0 Å². The minimum absolute atomic E-state index is 0.00862. The zero-order chi connectivity index (χ0) is 27.3. The molecule has 1 atom stereocenters. The first-order valence-electron chi connectivity index (χ1n) is 12.5. The van der Waals surface area contributed by atoms with E-state index in [9.17, 15) is 19.2 Å². The average Bonchev–Trinajstić information content (AvgIpc) is 3.18. The molecule has 1 aliphatic heterocycles. The smallest absolute Gasteiger partial charge is 0.414 e. The Morgan fingerprint density at radius 1 is 1.16 bits per heavy atom. The summed E-state index contributed by atoms with van der Waals surface area (Å²) in [6.45, 7) is 6.39. The van der Waals surface area contributed by atoms with Gasteiger partial charge >= 0.3 is 6.09 Å². The van der Waals surface area contributed by atoms with Gasteiger partial charge in [0.25, 0.3) is 0 Å². The Labute approximate surface area is 220 Å². The van der Waals surface area contributed by atoms with Crippen LogP contribution in [0.2, 0.25) is 0 Å². The average molecular weight is 525 g/mol. The van der Waals surface area contributed by atoms with E-state index in [1.807, 2.05) is 28.8 Å². The van der Waals surface area contributed by atoms with Gasteiger partial charge in [0.1, 0.15) is 30.2 Å². The van der Waals surface area contributed by atoms with E-state index in [-0.39, 0.29) is 51.2 Å². The van der Waals surface area contributed by atoms with Crippen LogP contribution >= 0.6 is 0 Å². The lowest BCUT2D eigenvalue weighted by Gasteiger charge is -2.28. The number of anilines is 1. The van der Waals surface area contributed by atoms with E-state index in [0.29, 0.717) is 24.0 Å². The highest BCUT2D eigenvalue weighted by Crippen LogP contribution is 2.35. The highest BCUT2D eigenvalue weighted by atomic mass is 16.6. The van der Waals surface area contributed by atoms with Crippen LogP contribution in [0.5, 0.6) is 0 Å². The molecule has 0 bridgehead atoms. The number of hydrogen-bond acceptors (Lipinski definition) is 8. The molecule has 4 rings (SSSR count). The molecule has 202 valence electrons. The summed E-state index contributed by atoms with van der Waals surface area (Å²) in [4.78, 5) is 54.0. The largest absolute Gasteiger partial charge is 0.443 e. The predicted octanol–water partition coefficient (Wildman–Crippen LogP) is 3.14. The van der Waals surface area contributed by atoms with Crippen LogP contribution in [0.3, 0.4) is 0 Å². The van der Waals surface area contributed by atoms with Gasteiger partial charge in [0.15, 0.2) is 0 Å². The van der Waals surface area contributed by atoms with Gasteiger partial charge in [0.2, 0.25) is 11.8 Å². The lowest BCUT2D eigenvalue weighted by Crippen LogP contribution is -2.41. The first-order valence-corrected chi connectivity index (χ1v) is 12.5. The molecule has 0 spiro atoms. The van der Waals surface area contributed by atoms with Crippen molar-refractivity contribution in [2.24, 2.45) is 0 Å². The van der Waals surface area contributed by atoms with Gasteiger partial charge in [-0.2, -0.15) is 0 Å². The van der Waals surface area contributed by atoms with E-state index in [0.717, 1.165) is 16.3 Å². The summed E-state index contributed by atoms with van der Waals surface area (Å²) in [6.07, 6.45) is 2.43. The minimum atomic E-state index is -0.700. The predicted molar refractivity (Wildman–Crippen MR) is 140 cm³/mol. The number of piperidine rings is 1. The maximum absolute atomic E-state index is 13.2. The maximum atomic E-state index is 13.2. The lowest BCUT2D eigenvalue weighted by molar-refractivity contribution is -0.135. The first-order chi connectivity index (χ1) is 18.2. The summed E-state index contributed by atoms with van der Waals surface area (Å²) in [5.41, 5.74) is 1.29. The second-order valence-electron chi connectivity index (χ2n) is 9.90. The molecule has 3 amide bonds. The van der Waals surface area contributed by atoms with E-state index in [1.165, 1.54) is 4.90 Å². The van der Waals surface area contributed by atoms with Crippen molar-refractivity contribution in [1.29, 1.82) is 0 Å². The van der Waals surface area contributed by atoms with Crippen molar-refractivity contribution >= 4 is 51.8 Å². The Hall–Kier alpha value is -3.83. The zero-order valence-electron chi connectivity index (χ0n) is 21.8. The number of nitrogens with zero attached hydrogens (tertiary/aromatic N) is 3. The molecule has 11 nitrogen and oxygen atoms in total. The standard InChI is InChI=1S/C27H32N4O7/c1-27(2,3)38-26(35)30(11-13-36-15-16-37-14-12-32)18-6-7-21-20(17-18)19-5-4-10-28-24(19)31(21)22-8-9-23(33)29-25(22)34/h4-7,10,12,17,22H,8-9,11,13-16H2,1-3H3,(H,29,33,34). The number of aldehydes is 1. The molecule has 1 aromatic carbocycles. The summed E-state index contributed by atoms with van der Waals surface area (Å²) in [6, 6.07) is 8.67. The van der Waals surface area contributed by atoms with Crippen LogP contribution in [0, 0.1) is 0 Å². The van der Waals surface area contributed by atoms with Crippen molar-refractivity contribution in [3.8, 4) is 0 Å². The van der Waals surface area contributed by atoms with E-state index in [2.05, 4.69) is 10.3 Å². The van der Waals surface area contributed by atoms with Crippen LogP contribution in [-0.4, -0.2) is 72.3 Å². The Kier molecular flexibility index (Phi) is 8.38. The lowest BCUT2D eigenvalue weighted by atomic mass is 10.1. The molecule has 0 aliphatic carbocycles. The molecule has 11 heteroatoms. The van der Waals surface area contributed by atoms with Crippen LogP contribution in [0.1, 0.15) is 39.7 Å². The van der Waals surface area contributed by atoms with Gasteiger partial charge in [-0.15, -0.1) is 0 Å². The highest BCUT2D eigenvalue weighted by molar-refractivity contribution is 6.10. The van der Waals surface area contributed by atoms with Crippen molar-refractivity contribution in [2.75, 3.05) is 37.9 Å². The molecule has 0 saturated carbocycles. The fourth-order valence-corrected chi connectivity index (χ4v) is 4.42. The van der Waals surface area contributed by atoms with Crippen LogP contribution in [-0.2, 0) is 28.6 Å².